The molecule has 1 aliphatic rings. The largest absolute Gasteiger partial charge is 0.338 e. The second-order valence-electron chi connectivity index (χ2n) is 7.33. The number of hydrogen-bond acceptors (Lipinski definition) is 3. The monoisotopic (exact) mass is 408 g/mol. The first kappa shape index (κ1) is 18.6. The van der Waals surface area contributed by atoms with Gasteiger partial charge in [-0.25, -0.2) is 0 Å². The summed E-state index contributed by atoms with van der Waals surface area (Å²) < 4.78 is 2.24. The van der Waals surface area contributed by atoms with Crippen LogP contribution >= 0.6 is 11.8 Å². The molecule has 0 spiro atoms. The summed E-state index contributed by atoms with van der Waals surface area (Å²) in [5, 5.41) is 2.48. The molecule has 2 aromatic heterocycles. The maximum Gasteiger partial charge on any atom is 0.213 e. The summed E-state index contributed by atoms with van der Waals surface area (Å²) in [5.74, 6) is 0. The predicted octanol–water partition coefficient (Wildman–Crippen LogP) is 5.77. The molecular formula is C26H22N3S+. The number of fused-ring (bicyclic) bond motifs is 2. The highest BCUT2D eigenvalue weighted by atomic mass is 32.2. The fourth-order valence-electron chi connectivity index (χ4n) is 3.80. The molecule has 0 amide bonds. The van der Waals surface area contributed by atoms with Gasteiger partial charge in [0, 0.05) is 42.5 Å². The third kappa shape index (κ3) is 3.40. The van der Waals surface area contributed by atoms with Crippen LogP contribution < -0.4 is 9.47 Å². The summed E-state index contributed by atoms with van der Waals surface area (Å²) >= 11 is 1.82. The van der Waals surface area contributed by atoms with Crippen molar-refractivity contribution in [1.29, 1.82) is 0 Å². The number of rotatable bonds is 3. The normalized spacial score (nSPS) is 14.7. The van der Waals surface area contributed by atoms with Gasteiger partial charge in [-0.2, -0.15) is 4.57 Å². The van der Waals surface area contributed by atoms with E-state index in [0.29, 0.717) is 0 Å². The Morgan fingerprint density at radius 3 is 2.63 bits per heavy atom. The van der Waals surface area contributed by atoms with Gasteiger partial charge in [-0.1, -0.05) is 42.1 Å². The predicted molar refractivity (Wildman–Crippen MR) is 127 cm³/mol. The minimum Gasteiger partial charge on any atom is -0.338 e. The Kier molecular flexibility index (Phi) is 4.85. The van der Waals surface area contributed by atoms with Gasteiger partial charge >= 0.3 is 0 Å². The first-order chi connectivity index (χ1) is 14.7. The van der Waals surface area contributed by atoms with E-state index in [-0.39, 0.29) is 0 Å². The summed E-state index contributed by atoms with van der Waals surface area (Å²) in [4.78, 5) is 7.78. The highest BCUT2D eigenvalue weighted by Gasteiger charge is 2.22. The van der Waals surface area contributed by atoms with Crippen LogP contribution in [0.2, 0.25) is 0 Å². The van der Waals surface area contributed by atoms with Crippen molar-refractivity contribution in [2.24, 2.45) is 7.05 Å². The Morgan fingerprint density at radius 2 is 1.80 bits per heavy atom. The van der Waals surface area contributed by atoms with Crippen LogP contribution in [-0.2, 0) is 7.05 Å². The fraction of sp³-hybridized carbons (Fsp3) is 0.0769. The molecule has 0 saturated heterocycles. The van der Waals surface area contributed by atoms with E-state index in [4.69, 9.17) is 0 Å². The maximum atomic E-state index is 4.21. The smallest absolute Gasteiger partial charge is 0.213 e. The van der Waals surface area contributed by atoms with Gasteiger partial charge in [0.1, 0.15) is 7.05 Å². The molecule has 2 aromatic carbocycles. The lowest BCUT2D eigenvalue weighted by Gasteiger charge is -2.14. The average molecular weight is 409 g/mol. The van der Waals surface area contributed by atoms with E-state index in [0.717, 1.165) is 11.3 Å². The maximum absolute atomic E-state index is 4.21. The molecule has 4 heteroatoms. The molecule has 3 nitrogen and oxygen atoms in total. The van der Waals surface area contributed by atoms with E-state index in [1.54, 1.807) is 6.20 Å². The minimum absolute atomic E-state index is 1.09. The summed E-state index contributed by atoms with van der Waals surface area (Å²) in [6.07, 6.45) is 10.2. The van der Waals surface area contributed by atoms with E-state index < -0.39 is 0 Å². The van der Waals surface area contributed by atoms with Crippen molar-refractivity contribution in [2.75, 3.05) is 11.9 Å². The number of thioether (sulfide) groups is 1. The van der Waals surface area contributed by atoms with Crippen LogP contribution in [0.4, 0.5) is 5.69 Å². The van der Waals surface area contributed by atoms with Gasteiger partial charge in [0.25, 0.3) is 0 Å². The number of nitrogens with zero attached hydrogens (tertiary/aromatic N) is 3. The topological polar surface area (TPSA) is 20.0 Å². The Balaban J connectivity index is 1.62. The molecular weight excluding hydrogens is 386 g/mol. The number of anilines is 1. The lowest BCUT2D eigenvalue weighted by molar-refractivity contribution is -0.646. The Labute approximate surface area is 181 Å². The molecule has 3 heterocycles. The lowest BCUT2D eigenvalue weighted by atomic mass is 10.1. The highest BCUT2D eigenvalue weighted by molar-refractivity contribution is 8.03. The number of aryl methyl sites for hydroxylation is 1. The number of para-hydroxylation sites is 2. The Hall–Kier alpha value is -3.37. The molecule has 146 valence electrons. The van der Waals surface area contributed by atoms with E-state index >= 15 is 0 Å². The Morgan fingerprint density at radius 1 is 0.967 bits per heavy atom. The number of aromatic nitrogens is 2. The van der Waals surface area contributed by atoms with Crippen LogP contribution in [-0.4, -0.2) is 12.0 Å². The second-order valence-corrected chi connectivity index (χ2v) is 8.39. The quantitative estimate of drug-likeness (QED) is 0.401. The van der Waals surface area contributed by atoms with Crippen molar-refractivity contribution >= 4 is 46.6 Å². The zero-order valence-corrected chi connectivity index (χ0v) is 17.8. The van der Waals surface area contributed by atoms with Crippen molar-refractivity contribution in [3.05, 3.63) is 101 Å². The molecule has 0 bridgehead atoms. The van der Waals surface area contributed by atoms with Crippen molar-refractivity contribution in [3.8, 4) is 0 Å². The van der Waals surface area contributed by atoms with Crippen LogP contribution in [0.3, 0.4) is 0 Å². The summed E-state index contributed by atoms with van der Waals surface area (Å²) in [7, 11) is 4.26. The summed E-state index contributed by atoms with van der Waals surface area (Å²) in [6, 6.07) is 23.4. The first-order valence-corrected chi connectivity index (χ1v) is 10.7. The van der Waals surface area contributed by atoms with E-state index in [9.17, 15) is 0 Å². The standard InChI is InChI=1S/C26H22N3S/c1-28-21(14-13-19-8-7-15-27-18-19)16-20(22-9-3-4-10-23(22)28)17-26-29(2)24-11-5-6-12-25(24)30-26/h3-18H,1-2H3/q+1. The molecule has 5 rings (SSSR count). The molecule has 0 unspecified atom stereocenters. The van der Waals surface area contributed by atoms with Gasteiger partial charge < -0.3 is 4.90 Å². The van der Waals surface area contributed by atoms with Crippen molar-refractivity contribution in [2.45, 2.75) is 4.90 Å². The van der Waals surface area contributed by atoms with Gasteiger partial charge in [0.15, 0.2) is 0 Å². The zero-order chi connectivity index (χ0) is 20.5. The number of hydrogen-bond donors (Lipinski definition) is 0. The highest BCUT2D eigenvalue weighted by Crippen LogP contribution is 2.45. The summed E-state index contributed by atoms with van der Waals surface area (Å²) in [5.41, 5.74) is 5.92. The van der Waals surface area contributed by atoms with Crippen molar-refractivity contribution in [1.82, 2.24) is 4.98 Å². The van der Waals surface area contributed by atoms with Crippen LogP contribution in [0.1, 0.15) is 16.8 Å². The SMILES string of the molecule is CN1/C(=C/c2cc(/C=C/c3cccnc3)[n+](C)c3ccccc23)Sc2ccccc21. The first-order valence-electron chi connectivity index (χ1n) is 9.93. The van der Waals surface area contributed by atoms with Crippen LogP contribution in [0.15, 0.2) is 89.0 Å². The fourth-order valence-corrected chi connectivity index (χ4v) is 4.90. The molecule has 0 fully saturated rings. The summed E-state index contributed by atoms with van der Waals surface area (Å²) in [6.45, 7) is 0. The van der Waals surface area contributed by atoms with E-state index in [1.807, 2.05) is 24.0 Å². The zero-order valence-electron chi connectivity index (χ0n) is 17.0. The van der Waals surface area contributed by atoms with Crippen LogP contribution in [0.25, 0.3) is 29.1 Å². The third-order valence-corrected chi connectivity index (χ3v) is 6.61. The average Bonchev–Trinajstić information content (AvgIpc) is 3.11. The molecule has 0 radical (unpaired) electrons. The van der Waals surface area contributed by atoms with Crippen LogP contribution in [0, 0.1) is 0 Å². The van der Waals surface area contributed by atoms with Gasteiger partial charge in [0.05, 0.1) is 16.1 Å². The van der Waals surface area contributed by atoms with Gasteiger partial charge in [-0.15, -0.1) is 0 Å². The number of pyridine rings is 2. The van der Waals surface area contributed by atoms with Crippen molar-refractivity contribution in [3.63, 3.8) is 0 Å². The van der Waals surface area contributed by atoms with Crippen molar-refractivity contribution < 1.29 is 4.57 Å². The molecule has 1 aliphatic heterocycles. The van der Waals surface area contributed by atoms with Gasteiger partial charge in [-0.3, -0.25) is 4.98 Å². The lowest BCUT2D eigenvalue weighted by Crippen LogP contribution is -2.33. The molecule has 30 heavy (non-hydrogen) atoms. The molecule has 4 aromatic rings. The van der Waals surface area contributed by atoms with Gasteiger partial charge in [0.2, 0.25) is 11.2 Å². The molecule has 0 aliphatic carbocycles. The van der Waals surface area contributed by atoms with E-state index in [2.05, 4.69) is 107 Å². The number of benzene rings is 2. The van der Waals surface area contributed by atoms with E-state index in [1.165, 1.54) is 32.1 Å². The van der Waals surface area contributed by atoms with Crippen LogP contribution in [0.5, 0.6) is 0 Å². The van der Waals surface area contributed by atoms with Gasteiger partial charge in [-0.05, 0) is 47.5 Å². The second kappa shape index (κ2) is 7.81. The minimum atomic E-state index is 1.09. The molecule has 0 atom stereocenters. The molecule has 0 N–H and O–H groups in total. The Bertz CT molecular complexity index is 1290. The third-order valence-electron chi connectivity index (χ3n) is 5.45. The molecule has 0 saturated carbocycles.